The van der Waals surface area contributed by atoms with Crippen LogP contribution in [-0.4, -0.2) is 38.0 Å². The van der Waals surface area contributed by atoms with E-state index in [2.05, 4.69) is 6.58 Å². The molecule has 0 unspecified atom stereocenters. The van der Waals surface area contributed by atoms with Crippen molar-refractivity contribution in [1.29, 1.82) is 0 Å². The summed E-state index contributed by atoms with van der Waals surface area (Å²) in [7, 11) is 3.09. The maximum Gasteiger partial charge on any atom is 0.338 e. The number of fused-ring (bicyclic) bond motifs is 1. The fraction of sp³-hybridized carbons (Fsp3) is 0.182. The van der Waals surface area contributed by atoms with E-state index in [0.29, 0.717) is 48.4 Å². The molecule has 3 aromatic carbocycles. The van der Waals surface area contributed by atoms with Gasteiger partial charge in [-0.1, -0.05) is 78.1 Å². The summed E-state index contributed by atoms with van der Waals surface area (Å²) in [6.45, 7) is 5.83. The van der Waals surface area contributed by atoms with Gasteiger partial charge in [-0.15, -0.1) is 0 Å². The van der Waals surface area contributed by atoms with E-state index in [-0.39, 0.29) is 24.3 Å². The Balaban J connectivity index is 1.76. The molecule has 4 aromatic rings. The topological polar surface area (TPSA) is 88.4 Å². The van der Waals surface area contributed by atoms with Gasteiger partial charge in [0.05, 0.1) is 47.7 Å². The number of carbonyl (C=O) groups excluding carboxylic acids is 1. The van der Waals surface area contributed by atoms with Crippen molar-refractivity contribution in [2.75, 3.05) is 27.4 Å². The van der Waals surface area contributed by atoms with Crippen molar-refractivity contribution in [2.45, 2.75) is 13.0 Å². The smallest absolute Gasteiger partial charge is 0.338 e. The van der Waals surface area contributed by atoms with E-state index in [1.807, 2.05) is 42.5 Å². The van der Waals surface area contributed by atoms with Crippen LogP contribution in [0.5, 0.6) is 17.2 Å². The standard InChI is InChI=1S/C33H29ClN2O6S/c1-5-16-42-30-24(34)17-20(18-25(30)40-4)19-26-31(37)36-29(22-12-14-23(39-3)15-13-22)27(32(38)41-6-2)28(35-33(36)43-26)21-10-8-7-9-11-21/h5,7-15,17-19,29H,1,6,16H2,2-4H3/b26-19-/t29-/m1/s1. The first-order valence-corrected chi connectivity index (χ1v) is 14.6. The SMILES string of the molecule is C=CCOc1c(Cl)cc(/C=c2\sc3n(c2=O)[C@H](c2ccc(OC)cc2)C(C(=O)OCC)=C(c2ccccc2)N=3)cc1OC. The van der Waals surface area contributed by atoms with Crippen LogP contribution in [0.4, 0.5) is 0 Å². The number of halogens is 1. The third-order valence-corrected chi connectivity index (χ3v) is 7.96. The number of ether oxygens (including phenoxy) is 4. The zero-order chi connectivity index (χ0) is 30.5. The summed E-state index contributed by atoms with van der Waals surface area (Å²) in [5.41, 5.74) is 2.46. The molecule has 2 heterocycles. The van der Waals surface area contributed by atoms with Gasteiger partial charge in [0.15, 0.2) is 16.3 Å². The first kappa shape index (κ1) is 29.9. The molecule has 0 fully saturated rings. The monoisotopic (exact) mass is 616 g/mol. The summed E-state index contributed by atoms with van der Waals surface area (Å²) in [6, 6.07) is 19.3. The Hall–Kier alpha value is -4.60. The predicted octanol–water partition coefficient (Wildman–Crippen LogP) is 5.17. The molecule has 8 nitrogen and oxygen atoms in total. The maximum absolute atomic E-state index is 14.1. The molecule has 5 rings (SSSR count). The van der Waals surface area contributed by atoms with Crippen molar-refractivity contribution in [3.05, 3.63) is 126 Å². The van der Waals surface area contributed by atoms with Gasteiger partial charge in [0.25, 0.3) is 5.56 Å². The van der Waals surface area contributed by atoms with Gasteiger partial charge >= 0.3 is 5.97 Å². The number of aromatic nitrogens is 1. The van der Waals surface area contributed by atoms with Crippen molar-refractivity contribution in [3.63, 3.8) is 0 Å². The molecule has 0 radical (unpaired) electrons. The van der Waals surface area contributed by atoms with Gasteiger partial charge in [-0.25, -0.2) is 9.79 Å². The molecule has 0 saturated carbocycles. The van der Waals surface area contributed by atoms with Crippen LogP contribution in [0, 0.1) is 0 Å². The minimum Gasteiger partial charge on any atom is -0.497 e. The zero-order valence-corrected chi connectivity index (χ0v) is 25.4. The summed E-state index contributed by atoms with van der Waals surface area (Å²) in [6.07, 6.45) is 3.33. The van der Waals surface area contributed by atoms with Crippen molar-refractivity contribution in [1.82, 2.24) is 4.57 Å². The van der Waals surface area contributed by atoms with E-state index < -0.39 is 12.0 Å². The average Bonchev–Trinajstić information content (AvgIpc) is 3.34. The lowest BCUT2D eigenvalue weighted by Crippen LogP contribution is -2.40. The second kappa shape index (κ2) is 13.1. The van der Waals surface area contributed by atoms with Gasteiger partial charge < -0.3 is 18.9 Å². The van der Waals surface area contributed by atoms with Crippen molar-refractivity contribution >= 4 is 40.7 Å². The summed E-state index contributed by atoms with van der Waals surface area (Å²) < 4.78 is 24.0. The molecular weight excluding hydrogens is 588 g/mol. The summed E-state index contributed by atoms with van der Waals surface area (Å²) in [5, 5.41) is 0.326. The summed E-state index contributed by atoms with van der Waals surface area (Å²) in [4.78, 5) is 33.0. The molecule has 0 aliphatic carbocycles. The number of nitrogens with zero attached hydrogens (tertiary/aromatic N) is 2. The Labute approximate surface area is 257 Å². The van der Waals surface area contributed by atoms with Crippen LogP contribution < -0.4 is 29.1 Å². The first-order chi connectivity index (χ1) is 20.9. The molecule has 1 aliphatic heterocycles. The fourth-order valence-corrected chi connectivity index (χ4v) is 6.07. The highest BCUT2D eigenvalue weighted by molar-refractivity contribution is 7.07. The van der Waals surface area contributed by atoms with Crippen LogP contribution in [0.1, 0.15) is 29.7 Å². The zero-order valence-electron chi connectivity index (χ0n) is 23.8. The lowest BCUT2D eigenvalue weighted by molar-refractivity contribution is -0.138. The first-order valence-electron chi connectivity index (χ1n) is 13.4. The number of benzene rings is 3. The maximum atomic E-state index is 14.1. The van der Waals surface area contributed by atoms with E-state index in [9.17, 15) is 9.59 Å². The van der Waals surface area contributed by atoms with Crippen molar-refractivity contribution in [2.24, 2.45) is 4.99 Å². The lowest BCUT2D eigenvalue weighted by atomic mass is 9.93. The molecule has 0 N–H and O–H groups in total. The predicted molar refractivity (Wildman–Crippen MR) is 168 cm³/mol. The number of esters is 1. The molecule has 10 heteroatoms. The van der Waals surface area contributed by atoms with Gasteiger partial charge in [0.1, 0.15) is 12.4 Å². The van der Waals surface area contributed by atoms with E-state index in [4.69, 9.17) is 35.5 Å². The average molecular weight is 617 g/mol. The van der Waals surface area contributed by atoms with Crippen LogP contribution in [0.2, 0.25) is 5.02 Å². The quantitative estimate of drug-likeness (QED) is 0.180. The molecule has 1 aromatic heterocycles. The normalized spacial score (nSPS) is 14.5. The molecule has 0 saturated heterocycles. The van der Waals surface area contributed by atoms with Crippen LogP contribution in [0.15, 0.2) is 94.7 Å². The minimum absolute atomic E-state index is 0.166. The number of methoxy groups -OCH3 is 2. The minimum atomic E-state index is -0.800. The molecule has 1 aliphatic rings. The Morgan fingerprint density at radius 2 is 1.84 bits per heavy atom. The number of thiazole rings is 1. The van der Waals surface area contributed by atoms with E-state index in [0.717, 1.165) is 5.56 Å². The van der Waals surface area contributed by atoms with Crippen molar-refractivity contribution in [3.8, 4) is 17.2 Å². The second-order valence-electron chi connectivity index (χ2n) is 9.34. The molecule has 0 spiro atoms. The Bertz CT molecular complexity index is 1880. The highest BCUT2D eigenvalue weighted by atomic mass is 35.5. The van der Waals surface area contributed by atoms with Gasteiger partial charge in [-0.2, -0.15) is 0 Å². The van der Waals surface area contributed by atoms with Crippen LogP contribution >= 0.6 is 22.9 Å². The number of rotatable bonds is 10. The van der Waals surface area contributed by atoms with Crippen molar-refractivity contribution < 1.29 is 23.7 Å². The number of hydrogen-bond acceptors (Lipinski definition) is 8. The molecule has 0 amide bonds. The molecule has 1 atom stereocenters. The highest BCUT2D eigenvalue weighted by Gasteiger charge is 2.35. The van der Waals surface area contributed by atoms with Gasteiger partial charge in [-0.05, 0) is 48.4 Å². The number of carbonyl (C=O) groups is 1. The fourth-order valence-electron chi connectivity index (χ4n) is 4.80. The van der Waals surface area contributed by atoms with Gasteiger partial charge in [-0.3, -0.25) is 9.36 Å². The summed E-state index contributed by atoms with van der Waals surface area (Å²) in [5.74, 6) is 0.897. The lowest BCUT2D eigenvalue weighted by Gasteiger charge is -2.26. The number of hydrogen-bond donors (Lipinski definition) is 0. The van der Waals surface area contributed by atoms with Gasteiger partial charge in [0.2, 0.25) is 0 Å². The molecule has 220 valence electrons. The van der Waals surface area contributed by atoms with E-state index in [1.54, 1.807) is 50.5 Å². The van der Waals surface area contributed by atoms with Crippen LogP contribution in [0.25, 0.3) is 11.8 Å². The van der Waals surface area contributed by atoms with Gasteiger partial charge in [0, 0.05) is 5.56 Å². The third kappa shape index (κ3) is 6.00. The largest absolute Gasteiger partial charge is 0.497 e. The highest BCUT2D eigenvalue weighted by Crippen LogP contribution is 2.37. The molecular formula is C33H29ClN2O6S. The van der Waals surface area contributed by atoms with Crippen LogP contribution in [-0.2, 0) is 9.53 Å². The Morgan fingerprint density at radius 1 is 1.09 bits per heavy atom. The third-order valence-electron chi connectivity index (χ3n) is 6.70. The van der Waals surface area contributed by atoms with E-state index in [1.165, 1.54) is 23.0 Å². The molecule has 43 heavy (non-hydrogen) atoms. The van der Waals surface area contributed by atoms with E-state index >= 15 is 0 Å². The Morgan fingerprint density at radius 3 is 2.49 bits per heavy atom. The Kier molecular flexibility index (Phi) is 9.13. The molecule has 0 bridgehead atoms. The summed E-state index contributed by atoms with van der Waals surface area (Å²) >= 11 is 7.74. The second-order valence-corrected chi connectivity index (χ2v) is 10.8. The van der Waals surface area contributed by atoms with Crippen LogP contribution in [0.3, 0.4) is 0 Å².